The highest BCUT2D eigenvalue weighted by molar-refractivity contribution is 5.22. The molecular weight excluding hydrogens is 256 g/mol. The number of nitrogens with one attached hydrogen (secondary N) is 1. The fourth-order valence-corrected chi connectivity index (χ4v) is 2.73. The summed E-state index contributed by atoms with van der Waals surface area (Å²) in [5.41, 5.74) is 2.99. The predicted octanol–water partition coefficient (Wildman–Crippen LogP) is 4.20. The van der Waals surface area contributed by atoms with Crippen LogP contribution in [0.25, 0.3) is 0 Å². The van der Waals surface area contributed by atoms with E-state index in [1.54, 1.807) is 0 Å². The molecule has 0 heterocycles. The van der Waals surface area contributed by atoms with Gasteiger partial charge in [0.2, 0.25) is 0 Å². The van der Waals surface area contributed by atoms with Gasteiger partial charge in [-0.15, -0.1) is 0 Å². The summed E-state index contributed by atoms with van der Waals surface area (Å²) in [6.07, 6.45) is 4.32. The Morgan fingerprint density at radius 1 is 1.10 bits per heavy atom. The van der Waals surface area contributed by atoms with Crippen molar-refractivity contribution in [3.8, 4) is 0 Å². The van der Waals surface area contributed by atoms with Crippen molar-refractivity contribution in [3.05, 3.63) is 35.4 Å². The first-order valence-electron chi connectivity index (χ1n) is 8.51. The molecule has 0 aliphatic heterocycles. The Hall–Kier alpha value is -0.860. The second-order valence-electron chi connectivity index (χ2n) is 7.54. The maximum absolute atomic E-state index is 3.54. The normalized spacial score (nSPS) is 16.2. The molecule has 1 aliphatic rings. The fraction of sp³-hybridized carbons (Fsp3) is 0.684. The summed E-state index contributed by atoms with van der Waals surface area (Å²) in [7, 11) is 0. The minimum atomic E-state index is 0.181. The summed E-state index contributed by atoms with van der Waals surface area (Å²) in [4.78, 5) is 2.59. The summed E-state index contributed by atoms with van der Waals surface area (Å²) >= 11 is 0. The third-order valence-corrected chi connectivity index (χ3v) is 4.44. The molecule has 1 aromatic carbocycles. The first-order chi connectivity index (χ1) is 9.96. The molecule has 2 heteroatoms. The molecule has 0 aromatic heterocycles. The van der Waals surface area contributed by atoms with Crippen LogP contribution in [-0.4, -0.2) is 23.5 Å². The van der Waals surface area contributed by atoms with Gasteiger partial charge in [0.25, 0.3) is 0 Å². The second-order valence-corrected chi connectivity index (χ2v) is 7.54. The lowest BCUT2D eigenvalue weighted by atomic mass is 9.85. The van der Waals surface area contributed by atoms with Gasteiger partial charge in [-0.25, -0.2) is 0 Å². The molecule has 21 heavy (non-hydrogen) atoms. The van der Waals surface area contributed by atoms with Crippen LogP contribution in [0.3, 0.4) is 0 Å². The molecule has 0 saturated heterocycles. The second kappa shape index (κ2) is 7.42. The Balaban J connectivity index is 1.82. The van der Waals surface area contributed by atoms with Crippen LogP contribution < -0.4 is 5.32 Å². The largest absolute Gasteiger partial charge is 0.308 e. The van der Waals surface area contributed by atoms with Gasteiger partial charge in [0.05, 0.1) is 0 Å². The van der Waals surface area contributed by atoms with E-state index in [0.29, 0.717) is 0 Å². The summed E-state index contributed by atoms with van der Waals surface area (Å²) in [5, 5.41) is 3.54. The third kappa shape index (κ3) is 5.80. The molecule has 0 bridgehead atoms. The minimum absolute atomic E-state index is 0.181. The van der Waals surface area contributed by atoms with E-state index in [0.717, 1.165) is 25.6 Å². The van der Waals surface area contributed by atoms with Crippen LogP contribution in [0.5, 0.6) is 0 Å². The van der Waals surface area contributed by atoms with Gasteiger partial charge in [0.1, 0.15) is 0 Å². The van der Waals surface area contributed by atoms with Crippen LogP contribution in [0.2, 0.25) is 0 Å². The highest BCUT2D eigenvalue weighted by atomic mass is 15.1. The van der Waals surface area contributed by atoms with Crippen LogP contribution in [-0.2, 0) is 13.1 Å². The van der Waals surface area contributed by atoms with Crippen LogP contribution in [0.1, 0.15) is 58.1 Å². The molecular formula is C19H32N2. The molecule has 1 N–H and O–H groups in total. The lowest BCUT2D eigenvalue weighted by Crippen LogP contribution is -2.35. The number of nitrogens with zero attached hydrogens (tertiary/aromatic N) is 1. The van der Waals surface area contributed by atoms with Crippen LogP contribution in [0.4, 0.5) is 0 Å². The summed E-state index contributed by atoms with van der Waals surface area (Å²) in [6.45, 7) is 13.4. The molecule has 2 rings (SSSR count). The van der Waals surface area contributed by atoms with Crippen molar-refractivity contribution in [1.29, 1.82) is 0 Å². The van der Waals surface area contributed by atoms with Gasteiger partial charge in [0, 0.05) is 25.2 Å². The van der Waals surface area contributed by atoms with Gasteiger partial charge in [-0.2, -0.15) is 0 Å². The first-order valence-corrected chi connectivity index (χ1v) is 8.51. The van der Waals surface area contributed by atoms with Crippen LogP contribution >= 0.6 is 0 Å². The molecule has 0 radical (unpaired) electrons. The van der Waals surface area contributed by atoms with Crippen LogP contribution in [0.15, 0.2) is 24.3 Å². The molecule has 0 unspecified atom stereocenters. The van der Waals surface area contributed by atoms with E-state index in [4.69, 9.17) is 0 Å². The Morgan fingerprint density at radius 3 is 2.19 bits per heavy atom. The van der Waals surface area contributed by atoms with E-state index in [1.165, 1.54) is 36.9 Å². The zero-order valence-electron chi connectivity index (χ0n) is 14.3. The van der Waals surface area contributed by atoms with E-state index in [9.17, 15) is 0 Å². The van der Waals surface area contributed by atoms with E-state index in [-0.39, 0.29) is 5.54 Å². The first kappa shape index (κ1) is 16.5. The summed E-state index contributed by atoms with van der Waals surface area (Å²) in [5.74, 6) is 0.959. The van der Waals surface area contributed by atoms with Crippen molar-refractivity contribution in [2.24, 2.45) is 5.92 Å². The Bertz CT molecular complexity index is 412. The van der Waals surface area contributed by atoms with Gasteiger partial charge >= 0.3 is 0 Å². The number of hydrogen-bond donors (Lipinski definition) is 1. The van der Waals surface area contributed by atoms with Crippen molar-refractivity contribution in [2.75, 3.05) is 13.1 Å². The third-order valence-electron chi connectivity index (χ3n) is 4.44. The fourth-order valence-electron chi connectivity index (χ4n) is 2.73. The van der Waals surface area contributed by atoms with Crippen molar-refractivity contribution in [2.45, 2.75) is 65.6 Å². The number of hydrogen-bond acceptors (Lipinski definition) is 2. The predicted molar refractivity (Wildman–Crippen MR) is 91.3 cm³/mol. The molecule has 2 nitrogen and oxygen atoms in total. The lowest BCUT2D eigenvalue weighted by molar-refractivity contribution is 0.178. The number of rotatable bonds is 7. The van der Waals surface area contributed by atoms with E-state index >= 15 is 0 Å². The van der Waals surface area contributed by atoms with E-state index in [2.05, 4.69) is 62.2 Å². The smallest absolute Gasteiger partial charge is 0.0233 e. The molecule has 0 amide bonds. The van der Waals surface area contributed by atoms with Crippen molar-refractivity contribution >= 4 is 0 Å². The maximum Gasteiger partial charge on any atom is 0.0233 e. The minimum Gasteiger partial charge on any atom is -0.308 e. The van der Waals surface area contributed by atoms with Gasteiger partial charge in [0.15, 0.2) is 0 Å². The van der Waals surface area contributed by atoms with Gasteiger partial charge in [-0.05, 0) is 57.2 Å². The SMILES string of the molecule is CCN(Cc1ccc(CNC(C)(C)C)cc1)CC1CCC1. The Labute approximate surface area is 130 Å². The average molecular weight is 288 g/mol. The van der Waals surface area contributed by atoms with Crippen molar-refractivity contribution in [1.82, 2.24) is 10.2 Å². The van der Waals surface area contributed by atoms with Gasteiger partial charge in [-0.3, -0.25) is 4.90 Å². The Kier molecular flexibility index (Phi) is 5.83. The topological polar surface area (TPSA) is 15.3 Å². The highest BCUT2D eigenvalue weighted by Gasteiger charge is 2.19. The standard InChI is InChI=1S/C19H32N2/c1-5-21(14-17-7-6-8-17)15-18-11-9-16(10-12-18)13-20-19(2,3)4/h9-12,17,20H,5-8,13-15H2,1-4H3. The lowest BCUT2D eigenvalue weighted by Gasteiger charge is -2.31. The highest BCUT2D eigenvalue weighted by Crippen LogP contribution is 2.27. The van der Waals surface area contributed by atoms with E-state index in [1.807, 2.05) is 0 Å². The van der Waals surface area contributed by atoms with E-state index < -0.39 is 0 Å². The average Bonchev–Trinajstić information content (AvgIpc) is 2.39. The maximum atomic E-state index is 3.54. The number of benzene rings is 1. The van der Waals surface area contributed by atoms with Crippen LogP contribution in [0, 0.1) is 5.92 Å². The quantitative estimate of drug-likeness (QED) is 0.809. The summed E-state index contributed by atoms with van der Waals surface area (Å²) < 4.78 is 0. The molecule has 1 aliphatic carbocycles. The molecule has 1 saturated carbocycles. The Morgan fingerprint density at radius 2 is 1.71 bits per heavy atom. The molecule has 1 aromatic rings. The molecule has 0 spiro atoms. The molecule has 0 atom stereocenters. The van der Waals surface area contributed by atoms with Gasteiger partial charge < -0.3 is 5.32 Å². The van der Waals surface area contributed by atoms with Gasteiger partial charge in [-0.1, -0.05) is 37.6 Å². The van der Waals surface area contributed by atoms with Crippen molar-refractivity contribution in [3.63, 3.8) is 0 Å². The molecule has 118 valence electrons. The molecule has 1 fully saturated rings. The zero-order chi connectivity index (χ0) is 15.3. The monoisotopic (exact) mass is 288 g/mol. The van der Waals surface area contributed by atoms with Crippen molar-refractivity contribution < 1.29 is 0 Å². The summed E-state index contributed by atoms with van der Waals surface area (Å²) in [6, 6.07) is 9.13. The zero-order valence-corrected chi connectivity index (χ0v) is 14.3.